The highest BCUT2D eigenvalue weighted by Gasteiger charge is 2.09. The Morgan fingerprint density at radius 2 is 1.27 bits per heavy atom. The second kappa shape index (κ2) is 8.12. The summed E-state index contributed by atoms with van der Waals surface area (Å²) < 4.78 is 0. The van der Waals surface area contributed by atoms with Gasteiger partial charge in [-0.3, -0.25) is 0 Å². The van der Waals surface area contributed by atoms with Crippen molar-refractivity contribution in [2.75, 3.05) is 19.6 Å². The van der Waals surface area contributed by atoms with Crippen molar-refractivity contribution in [1.82, 2.24) is 4.90 Å². The zero-order valence-electron chi connectivity index (χ0n) is 11.2. The molecule has 0 aromatic heterocycles. The van der Waals surface area contributed by atoms with E-state index in [2.05, 4.69) is 32.6 Å². The van der Waals surface area contributed by atoms with Crippen molar-refractivity contribution < 1.29 is 5.11 Å². The van der Waals surface area contributed by atoms with Gasteiger partial charge in [0.15, 0.2) is 0 Å². The zero-order valence-corrected chi connectivity index (χ0v) is 11.2. The van der Waals surface area contributed by atoms with E-state index in [4.69, 9.17) is 0 Å². The van der Waals surface area contributed by atoms with E-state index in [1.54, 1.807) is 0 Å². The first kappa shape index (κ1) is 14.9. The van der Waals surface area contributed by atoms with Crippen LogP contribution in [-0.4, -0.2) is 35.7 Å². The molecule has 0 amide bonds. The van der Waals surface area contributed by atoms with E-state index in [1.165, 1.54) is 12.8 Å². The molecule has 0 aliphatic carbocycles. The fourth-order valence-corrected chi connectivity index (χ4v) is 1.55. The van der Waals surface area contributed by atoms with Gasteiger partial charge in [-0.05, 0) is 44.7 Å². The van der Waals surface area contributed by atoms with Crippen LogP contribution in [0.2, 0.25) is 0 Å². The van der Waals surface area contributed by atoms with E-state index in [0.29, 0.717) is 0 Å². The minimum atomic E-state index is -0.204. The third-order valence-corrected chi connectivity index (χ3v) is 2.57. The maximum absolute atomic E-state index is 9.41. The number of hydrogen-bond donors (Lipinski definition) is 1. The average Bonchev–Trinajstić information content (AvgIpc) is 2.08. The van der Waals surface area contributed by atoms with Crippen molar-refractivity contribution in [2.24, 2.45) is 11.8 Å². The van der Waals surface area contributed by atoms with Gasteiger partial charge in [0.05, 0.1) is 6.10 Å². The minimum Gasteiger partial charge on any atom is -0.392 e. The molecule has 1 N–H and O–H groups in total. The predicted molar refractivity (Wildman–Crippen MR) is 67.0 cm³/mol. The SMILES string of the molecule is CC(C)CCN(CCC(C)C)C[C@H](C)O. The second-order valence-corrected chi connectivity index (χ2v) is 5.51. The summed E-state index contributed by atoms with van der Waals surface area (Å²) >= 11 is 0. The standard InChI is InChI=1S/C13H29NO/c1-11(2)6-8-14(10-13(5)15)9-7-12(3)4/h11-13,15H,6-10H2,1-5H3/t13-/m0/s1. The van der Waals surface area contributed by atoms with Crippen molar-refractivity contribution in [3.63, 3.8) is 0 Å². The lowest BCUT2D eigenvalue weighted by Crippen LogP contribution is -2.33. The molecule has 0 fully saturated rings. The summed E-state index contributed by atoms with van der Waals surface area (Å²) in [6.07, 6.45) is 2.25. The van der Waals surface area contributed by atoms with Gasteiger partial charge in [-0.1, -0.05) is 27.7 Å². The molecule has 0 bridgehead atoms. The van der Waals surface area contributed by atoms with E-state index < -0.39 is 0 Å². The summed E-state index contributed by atoms with van der Waals surface area (Å²) in [6, 6.07) is 0. The molecule has 0 saturated carbocycles. The quantitative estimate of drug-likeness (QED) is 0.673. The van der Waals surface area contributed by atoms with Crippen molar-refractivity contribution >= 4 is 0 Å². The molecule has 0 radical (unpaired) electrons. The fourth-order valence-electron chi connectivity index (χ4n) is 1.55. The monoisotopic (exact) mass is 215 g/mol. The molecule has 0 spiro atoms. The maximum atomic E-state index is 9.41. The van der Waals surface area contributed by atoms with Crippen LogP contribution in [0.25, 0.3) is 0 Å². The molecule has 0 unspecified atom stereocenters. The largest absolute Gasteiger partial charge is 0.392 e. The Morgan fingerprint density at radius 1 is 0.867 bits per heavy atom. The predicted octanol–water partition coefficient (Wildman–Crippen LogP) is 2.76. The number of aliphatic hydroxyl groups is 1. The fraction of sp³-hybridized carbons (Fsp3) is 1.00. The molecule has 0 heterocycles. The second-order valence-electron chi connectivity index (χ2n) is 5.51. The average molecular weight is 215 g/mol. The maximum Gasteiger partial charge on any atom is 0.0639 e. The zero-order chi connectivity index (χ0) is 11.8. The molecule has 1 atom stereocenters. The van der Waals surface area contributed by atoms with Gasteiger partial charge in [0.1, 0.15) is 0 Å². The van der Waals surface area contributed by atoms with Gasteiger partial charge in [0, 0.05) is 6.54 Å². The number of aliphatic hydroxyl groups excluding tert-OH is 1. The smallest absolute Gasteiger partial charge is 0.0639 e. The van der Waals surface area contributed by atoms with E-state index >= 15 is 0 Å². The van der Waals surface area contributed by atoms with Crippen LogP contribution in [0.4, 0.5) is 0 Å². The number of hydrogen-bond acceptors (Lipinski definition) is 2. The molecule has 2 nitrogen and oxygen atoms in total. The number of nitrogens with zero attached hydrogens (tertiary/aromatic N) is 1. The molecular formula is C13H29NO. The highest BCUT2D eigenvalue weighted by atomic mass is 16.3. The molecule has 92 valence electrons. The van der Waals surface area contributed by atoms with Crippen LogP contribution >= 0.6 is 0 Å². The van der Waals surface area contributed by atoms with Gasteiger partial charge in [0.25, 0.3) is 0 Å². The molecule has 0 rings (SSSR count). The van der Waals surface area contributed by atoms with E-state index in [0.717, 1.165) is 31.5 Å². The molecule has 15 heavy (non-hydrogen) atoms. The summed E-state index contributed by atoms with van der Waals surface area (Å²) in [5.41, 5.74) is 0. The Balaban J connectivity index is 3.84. The Kier molecular flexibility index (Phi) is 8.07. The molecule has 2 heteroatoms. The highest BCUT2D eigenvalue weighted by molar-refractivity contribution is 4.63. The molecule has 0 saturated heterocycles. The van der Waals surface area contributed by atoms with Crippen molar-refractivity contribution in [2.45, 2.75) is 53.6 Å². The topological polar surface area (TPSA) is 23.5 Å². The first-order valence-electron chi connectivity index (χ1n) is 6.32. The van der Waals surface area contributed by atoms with Crippen LogP contribution in [0, 0.1) is 11.8 Å². The van der Waals surface area contributed by atoms with Crippen LogP contribution in [0.15, 0.2) is 0 Å². The Hall–Kier alpha value is -0.0800. The van der Waals surface area contributed by atoms with Crippen LogP contribution in [0.5, 0.6) is 0 Å². The van der Waals surface area contributed by atoms with E-state index in [-0.39, 0.29) is 6.10 Å². The lowest BCUT2D eigenvalue weighted by molar-refractivity contribution is 0.120. The van der Waals surface area contributed by atoms with Gasteiger partial charge in [-0.2, -0.15) is 0 Å². The van der Waals surface area contributed by atoms with Gasteiger partial charge >= 0.3 is 0 Å². The Labute approximate surface area is 95.7 Å². The summed E-state index contributed by atoms with van der Waals surface area (Å²) in [7, 11) is 0. The van der Waals surface area contributed by atoms with Crippen molar-refractivity contribution in [3.8, 4) is 0 Å². The first-order chi connectivity index (χ1) is 6.91. The summed E-state index contributed by atoms with van der Waals surface area (Å²) in [6.45, 7) is 13.9. The van der Waals surface area contributed by atoms with E-state index in [1.807, 2.05) is 6.92 Å². The molecule has 0 aromatic carbocycles. The molecular weight excluding hydrogens is 186 g/mol. The third-order valence-electron chi connectivity index (χ3n) is 2.57. The van der Waals surface area contributed by atoms with Gasteiger partial charge < -0.3 is 10.0 Å². The molecule has 0 aliphatic heterocycles. The summed E-state index contributed by atoms with van der Waals surface area (Å²) in [4.78, 5) is 2.39. The van der Waals surface area contributed by atoms with Crippen LogP contribution < -0.4 is 0 Å². The van der Waals surface area contributed by atoms with E-state index in [9.17, 15) is 5.11 Å². The Bertz CT molecular complexity index is 131. The van der Waals surface area contributed by atoms with Gasteiger partial charge in [0.2, 0.25) is 0 Å². The summed E-state index contributed by atoms with van der Waals surface area (Å²) in [5.74, 6) is 1.50. The first-order valence-corrected chi connectivity index (χ1v) is 6.32. The highest BCUT2D eigenvalue weighted by Crippen LogP contribution is 2.07. The van der Waals surface area contributed by atoms with Crippen molar-refractivity contribution in [3.05, 3.63) is 0 Å². The van der Waals surface area contributed by atoms with Crippen LogP contribution in [-0.2, 0) is 0 Å². The lowest BCUT2D eigenvalue weighted by Gasteiger charge is -2.25. The summed E-state index contributed by atoms with van der Waals surface area (Å²) in [5, 5.41) is 9.41. The normalized spacial score (nSPS) is 14.2. The van der Waals surface area contributed by atoms with Gasteiger partial charge in [-0.15, -0.1) is 0 Å². The van der Waals surface area contributed by atoms with Gasteiger partial charge in [-0.25, -0.2) is 0 Å². The van der Waals surface area contributed by atoms with Crippen LogP contribution in [0.3, 0.4) is 0 Å². The molecule has 0 aromatic rings. The number of rotatable bonds is 8. The lowest BCUT2D eigenvalue weighted by atomic mass is 10.1. The molecule has 0 aliphatic rings. The van der Waals surface area contributed by atoms with Crippen LogP contribution in [0.1, 0.15) is 47.5 Å². The Morgan fingerprint density at radius 3 is 1.53 bits per heavy atom. The minimum absolute atomic E-state index is 0.204. The van der Waals surface area contributed by atoms with Crippen molar-refractivity contribution in [1.29, 1.82) is 0 Å². The third kappa shape index (κ3) is 10.2.